The largest absolute Gasteiger partial charge is 0.465 e. The Balaban J connectivity index is 4.18. The van der Waals surface area contributed by atoms with Gasteiger partial charge in [0.2, 0.25) is 0 Å². The number of carbonyl (C=O) groups is 2. The van der Waals surface area contributed by atoms with E-state index in [4.69, 9.17) is 9.47 Å². The Labute approximate surface area is 332 Å². The lowest BCUT2D eigenvalue weighted by Crippen LogP contribution is -2.14. The number of ether oxygens (including phenoxy) is 2. The molecule has 0 N–H and O–H groups in total. The zero-order chi connectivity index (χ0) is 39.0. The van der Waals surface area contributed by atoms with Crippen LogP contribution in [0.5, 0.6) is 0 Å². The van der Waals surface area contributed by atoms with E-state index in [0.29, 0.717) is 37.9 Å². The molecule has 0 bridgehead atoms. The summed E-state index contributed by atoms with van der Waals surface area (Å²) in [4.78, 5) is 27.0. The van der Waals surface area contributed by atoms with Gasteiger partial charge in [-0.2, -0.15) is 0 Å². The van der Waals surface area contributed by atoms with Gasteiger partial charge in [-0.15, -0.1) is 0 Å². The Morgan fingerprint density at radius 3 is 1.06 bits per heavy atom. The van der Waals surface area contributed by atoms with Crippen LogP contribution in [0.25, 0.3) is 0 Å². The first-order valence-electron chi connectivity index (χ1n) is 23.8. The number of hydrogen-bond donors (Lipinski definition) is 0. The summed E-state index contributed by atoms with van der Waals surface area (Å²) in [5.74, 6) is 2.03. The monoisotopic (exact) mass is 750 g/mol. The molecule has 0 rings (SSSR count). The van der Waals surface area contributed by atoms with E-state index in [1.54, 1.807) is 0 Å². The first-order chi connectivity index (χ1) is 25.9. The third-order valence-corrected chi connectivity index (χ3v) is 11.5. The fraction of sp³-hybridized carbons (Fsp3) is 0.958. The van der Waals surface area contributed by atoms with Gasteiger partial charge in [-0.05, 0) is 83.3 Å². The van der Waals surface area contributed by atoms with E-state index in [9.17, 15) is 9.59 Å². The van der Waals surface area contributed by atoms with E-state index >= 15 is 0 Å². The predicted octanol–water partition coefficient (Wildman–Crippen LogP) is 14.8. The molecule has 0 radical (unpaired) electrons. The van der Waals surface area contributed by atoms with Gasteiger partial charge >= 0.3 is 11.9 Å². The Bertz CT molecular complexity index is 763. The van der Waals surface area contributed by atoms with Crippen molar-refractivity contribution in [1.82, 2.24) is 4.90 Å². The van der Waals surface area contributed by atoms with Crippen LogP contribution in [0.1, 0.15) is 246 Å². The predicted molar refractivity (Wildman–Crippen MR) is 231 cm³/mol. The summed E-state index contributed by atoms with van der Waals surface area (Å²) in [5.41, 5.74) is 0. The number of carbonyl (C=O) groups excluding carboxylic acids is 2. The maximum atomic E-state index is 12.4. The minimum atomic E-state index is 0.0194. The molecule has 0 aliphatic heterocycles. The molecule has 0 saturated carbocycles. The van der Waals surface area contributed by atoms with Gasteiger partial charge in [0.15, 0.2) is 0 Å². The van der Waals surface area contributed by atoms with E-state index in [0.717, 1.165) is 31.6 Å². The highest BCUT2D eigenvalue weighted by molar-refractivity contribution is 5.69. The van der Waals surface area contributed by atoms with Crippen LogP contribution in [0.2, 0.25) is 0 Å². The number of nitrogens with zero attached hydrogens (tertiary/aromatic N) is 1. The lowest BCUT2D eigenvalue weighted by molar-refractivity contribution is -0.146. The molecule has 0 aromatic rings. The average molecular weight is 750 g/mol. The molecule has 2 unspecified atom stereocenters. The third-order valence-electron chi connectivity index (χ3n) is 11.5. The molecule has 316 valence electrons. The summed E-state index contributed by atoms with van der Waals surface area (Å²) in [6.07, 6.45) is 41.5. The van der Waals surface area contributed by atoms with E-state index in [2.05, 4.69) is 46.7 Å². The summed E-state index contributed by atoms with van der Waals surface area (Å²) in [7, 11) is 4.36. The second kappa shape index (κ2) is 40.6. The zero-order valence-corrected chi connectivity index (χ0v) is 37.0. The molecule has 0 heterocycles. The lowest BCUT2D eigenvalue weighted by Gasteiger charge is -2.17. The molecule has 0 amide bonds. The first kappa shape index (κ1) is 51.9. The summed E-state index contributed by atoms with van der Waals surface area (Å²) >= 11 is 0. The van der Waals surface area contributed by atoms with Crippen molar-refractivity contribution in [2.24, 2.45) is 17.8 Å². The zero-order valence-electron chi connectivity index (χ0n) is 37.0. The topological polar surface area (TPSA) is 55.8 Å². The van der Waals surface area contributed by atoms with Crippen molar-refractivity contribution in [1.29, 1.82) is 0 Å². The maximum absolute atomic E-state index is 12.4. The van der Waals surface area contributed by atoms with E-state index < -0.39 is 0 Å². The number of rotatable bonds is 42. The van der Waals surface area contributed by atoms with Crippen LogP contribution in [-0.4, -0.2) is 50.7 Å². The van der Waals surface area contributed by atoms with Gasteiger partial charge in [0.1, 0.15) is 0 Å². The molecule has 0 aliphatic rings. The third kappa shape index (κ3) is 37.6. The van der Waals surface area contributed by atoms with Crippen LogP contribution < -0.4 is 0 Å². The summed E-state index contributed by atoms with van der Waals surface area (Å²) in [6.45, 7) is 11.5. The average Bonchev–Trinajstić information content (AvgIpc) is 3.15. The van der Waals surface area contributed by atoms with E-state index in [1.165, 1.54) is 186 Å². The van der Waals surface area contributed by atoms with Crippen molar-refractivity contribution in [3.8, 4) is 0 Å². The molecule has 0 aromatic heterocycles. The standard InChI is InChI=1S/C48H95NO4/c1-7-11-15-25-38-46(34-14-10-4)43-53-48(51)40-30-23-19-17-21-27-36-44(37-28-24-31-41-49(5)6)35-26-20-16-18-22-29-39-47(50)52-42-45(32-12-8-2)33-13-9-3/h44-46H,7-43H2,1-6H3. The van der Waals surface area contributed by atoms with Crippen LogP contribution in [0.4, 0.5) is 0 Å². The van der Waals surface area contributed by atoms with E-state index in [-0.39, 0.29) is 11.9 Å². The van der Waals surface area contributed by atoms with E-state index in [1.807, 2.05) is 0 Å². The van der Waals surface area contributed by atoms with Crippen LogP contribution in [0.3, 0.4) is 0 Å². The second-order valence-corrected chi connectivity index (χ2v) is 17.2. The summed E-state index contributed by atoms with van der Waals surface area (Å²) in [6, 6.07) is 0. The fourth-order valence-electron chi connectivity index (χ4n) is 7.82. The van der Waals surface area contributed by atoms with Crippen molar-refractivity contribution in [2.45, 2.75) is 246 Å². The van der Waals surface area contributed by atoms with Gasteiger partial charge in [0, 0.05) is 12.8 Å². The normalized spacial score (nSPS) is 12.8. The highest BCUT2D eigenvalue weighted by Gasteiger charge is 2.14. The van der Waals surface area contributed by atoms with Crippen LogP contribution in [0, 0.1) is 17.8 Å². The van der Waals surface area contributed by atoms with Crippen molar-refractivity contribution >= 4 is 11.9 Å². The molecule has 0 aromatic carbocycles. The quantitative estimate of drug-likeness (QED) is 0.0459. The summed E-state index contributed by atoms with van der Waals surface area (Å²) < 4.78 is 11.4. The van der Waals surface area contributed by atoms with Crippen molar-refractivity contribution in [3.63, 3.8) is 0 Å². The number of unbranched alkanes of at least 4 members (excludes halogenated alkanes) is 18. The number of hydrogen-bond acceptors (Lipinski definition) is 5. The van der Waals surface area contributed by atoms with Gasteiger partial charge in [0.25, 0.3) is 0 Å². The summed E-state index contributed by atoms with van der Waals surface area (Å²) in [5, 5.41) is 0. The SMILES string of the molecule is CCCCCCC(CCCC)COC(=O)CCCCCCCCC(CCCCCCCCC(=O)OCC(CCCC)CCCC)CCCCCN(C)C. The molecular weight excluding hydrogens is 655 g/mol. The van der Waals surface area contributed by atoms with Crippen LogP contribution in [0.15, 0.2) is 0 Å². The molecule has 5 nitrogen and oxygen atoms in total. The fourth-order valence-corrected chi connectivity index (χ4v) is 7.82. The molecule has 0 saturated heterocycles. The van der Waals surface area contributed by atoms with Crippen molar-refractivity contribution in [2.75, 3.05) is 33.9 Å². The van der Waals surface area contributed by atoms with Crippen molar-refractivity contribution < 1.29 is 19.1 Å². The molecule has 53 heavy (non-hydrogen) atoms. The van der Waals surface area contributed by atoms with Crippen LogP contribution in [-0.2, 0) is 19.1 Å². The highest BCUT2D eigenvalue weighted by Crippen LogP contribution is 2.25. The van der Waals surface area contributed by atoms with Gasteiger partial charge in [0.05, 0.1) is 13.2 Å². The van der Waals surface area contributed by atoms with Gasteiger partial charge in [-0.3, -0.25) is 9.59 Å². The van der Waals surface area contributed by atoms with Crippen molar-refractivity contribution in [3.05, 3.63) is 0 Å². The Kier molecular flexibility index (Phi) is 39.7. The second-order valence-electron chi connectivity index (χ2n) is 17.2. The first-order valence-corrected chi connectivity index (χ1v) is 23.8. The molecule has 0 fully saturated rings. The Morgan fingerprint density at radius 1 is 0.377 bits per heavy atom. The van der Waals surface area contributed by atoms with Crippen LogP contribution >= 0.6 is 0 Å². The molecule has 0 spiro atoms. The van der Waals surface area contributed by atoms with Gasteiger partial charge in [-0.1, -0.05) is 188 Å². The Morgan fingerprint density at radius 2 is 0.679 bits per heavy atom. The maximum Gasteiger partial charge on any atom is 0.305 e. The lowest BCUT2D eigenvalue weighted by atomic mass is 9.89. The molecule has 5 heteroatoms. The molecular formula is C48H95NO4. The minimum absolute atomic E-state index is 0.0194. The molecule has 2 atom stereocenters. The van der Waals surface area contributed by atoms with Gasteiger partial charge in [-0.25, -0.2) is 0 Å². The molecule has 0 aliphatic carbocycles. The number of esters is 2. The minimum Gasteiger partial charge on any atom is -0.465 e. The Hall–Kier alpha value is -1.10. The smallest absolute Gasteiger partial charge is 0.305 e. The highest BCUT2D eigenvalue weighted by atomic mass is 16.5. The van der Waals surface area contributed by atoms with Gasteiger partial charge < -0.3 is 14.4 Å².